The average Bonchev–Trinajstić information content (AvgIpc) is 2.64. The summed E-state index contributed by atoms with van der Waals surface area (Å²) in [6, 6.07) is 7.36. The summed E-state index contributed by atoms with van der Waals surface area (Å²) < 4.78 is 5.09. The van der Waals surface area contributed by atoms with Gasteiger partial charge in [0, 0.05) is 17.9 Å². The molecule has 1 heterocycles. The van der Waals surface area contributed by atoms with Gasteiger partial charge in [-0.3, -0.25) is 4.79 Å². The number of piperidine rings is 1. The Balaban J connectivity index is 1.90. The van der Waals surface area contributed by atoms with Crippen molar-refractivity contribution in [3.63, 3.8) is 0 Å². The van der Waals surface area contributed by atoms with Gasteiger partial charge < -0.3 is 19.8 Å². The first-order valence-electron chi connectivity index (χ1n) is 9.14. The van der Waals surface area contributed by atoms with E-state index in [0.717, 1.165) is 18.4 Å². The van der Waals surface area contributed by atoms with E-state index in [2.05, 4.69) is 11.8 Å². The molecule has 0 aromatic heterocycles. The fourth-order valence-electron chi connectivity index (χ4n) is 2.96. The molecule has 27 heavy (non-hydrogen) atoms. The number of aliphatic hydroxyl groups is 2. The molecule has 6 heteroatoms. The highest BCUT2D eigenvalue weighted by molar-refractivity contribution is 6.30. The second-order valence-electron chi connectivity index (χ2n) is 6.40. The number of benzene rings is 1. The molecule has 0 radical (unpaired) electrons. The van der Waals surface area contributed by atoms with Crippen molar-refractivity contribution in [2.45, 2.75) is 37.8 Å². The quantitative estimate of drug-likeness (QED) is 0.405. The van der Waals surface area contributed by atoms with Crippen molar-refractivity contribution in [2.75, 3.05) is 26.4 Å². The molecule has 1 aliphatic rings. The molecule has 1 aliphatic heterocycles. The van der Waals surface area contributed by atoms with E-state index in [1.807, 2.05) is 24.3 Å². The lowest BCUT2D eigenvalue weighted by Gasteiger charge is -2.32. The molecule has 0 saturated carbocycles. The van der Waals surface area contributed by atoms with Crippen LogP contribution in [-0.4, -0.2) is 59.5 Å². The summed E-state index contributed by atoms with van der Waals surface area (Å²) in [6.07, 6.45) is 5.69. The molecule has 0 bridgehead atoms. The van der Waals surface area contributed by atoms with Gasteiger partial charge in [-0.25, -0.2) is 0 Å². The summed E-state index contributed by atoms with van der Waals surface area (Å²) >= 11 is 5.97. The SMILES string of the molecule is O=C1CCC[C@H](/C=C/C(O)Cc2cccc(Cl)c2)N1CC#CCOCCO. The molecule has 146 valence electrons. The summed E-state index contributed by atoms with van der Waals surface area (Å²) in [5, 5.41) is 19.6. The van der Waals surface area contributed by atoms with Crippen molar-refractivity contribution in [2.24, 2.45) is 0 Å². The van der Waals surface area contributed by atoms with Crippen molar-refractivity contribution < 1.29 is 19.7 Å². The third-order valence-corrected chi connectivity index (χ3v) is 4.52. The van der Waals surface area contributed by atoms with E-state index in [1.165, 1.54) is 0 Å². The third-order valence-electron chi connectivity index (χ3n) is 4.28. The van der Waals surface area contributed by atoms with Gasteiger partial charge in [-0.05, 0) is 30.5 Å². The number of ether oxygens (including phenoxy) is 1. The monoisotopic (exact) mass is 391 g/mol. The highest BCUT2D eigenvalue weighted by Gasteiger charge is 2.25. The molecule has 5 nitrogen and oxygen atoms in total. The zero-order valence-electron chi connectivity index (χ0n) is 15.3. The van der Waals surface area contributed by atoms with Gasteiger partial charge in [-0.1, -0.05) is 47.7 Å². The van der Waals surface area contributed by atoms with Crippen LogP contribution in [0.2, 0.25) is 5.02 Å². The predicted octanol–water partition coefficient (Wildman–Crippen LogP) is 2.19. The highest BCUT2D eigenvalue weighted by Crippen LogP contribution is 2.19. The van der Waals surface area contributed by atoms with Crippen LogP contribution >= 0.6 is 11.6 Å². The average molecular weight is 392 g/mol. The molecule has 1 fully saturated rings. The Morgan fingerprint density at radius 3 is 3.04 bits per heavy atom. The smallest absolute Gasteiger partial charge is 0.223 e. The number of aliphatic hydroxyl groups excluding tert-OH is 2. The Kier molecular flexibility index (Phi) is 9.37. The van der Waals surface area contributed by atoms with Gasteiger partial charge in [0.05, 0.1) is 31.9 Å². The molecule has 1 saturated heterocycles. The molecule has 1 amide bonds. The summed E-state index contributed by atoms with van der Waals surface area (Å²) in [4.78, 5) is 14.0. The lowest BCUT2D eigenvalue weighted by Crippen LogP contribution is -2.42. The Bertz CT molecular complexity index is 695. The van der Waals surface area contributed by atoms with E-state index < -0.39 is 6.10 Å². The Hall–Kier alpha value is -1.84. The molecule has 0 aliphatic carbocycles. The number of nitrogens with zero attached hydrogens (tertiary/aromatic N) is 1. The van der Waals surface area contributed by atoms with Gasteiger partial charge in [-0.15, -0.1) is 0 Å². The van der Waals surface area contributed by atoms with Crippen LogP contribution in [0.3, 0.4) is 0 Å². The summed E-state index contributed by atoms with van der Waals surface area (Å²) in [5.41, 5.74) is 0.963. The first-order valence-corrected chi connectivity index (χ1v) is 9.52. The van der Waals surface area contributed by atoms with Crippen LogP contribution in [-0.2, 0) is 16.0 Å². The Labute approximate surface area is 165 Å². The number of rotatable bonds is 8. The van der Waals surface area contributed by atoms with E-state index in [-0.39, 0.29) is 31.8 Å². The highest BCUT2D eigenvalue weighted by atomic mass is 35.5. The fourth-order valence-corrected chi connectivity index (χ4v) is 3.18. The molecule has 1 unspecified atom stereocenters. The summed E-state index contributed by atoms with van der Waals surface area (Å²) in [7, 11) is 0. The van der Waals surface area contributed by atoms with Crippen molar-refractivity contribution in [1.29, 1.82) is 0 Å². The second kappa shape index (κ2) is 11.8. The molecule has 1 aromatic rings. The van der Waals surface area contributed by atoms with Gasteiger partial charge in [0.2, 0.25) is 5.91 Å². The van der Waals surface area contributed by atoms with Gasteiger partial charge >= 0.3 is 0 Å². The number of carbonyl (C=O) groups excluding carboxylic acids is 1. The van der Waals surface area contributed by atoms with Crippen LogP contribution in [0, 0.1) is 11.8 Å². The van der Waals surface area contributed by atoms with E-state index in [4.69, 9.17) is 21.4 Å². The molecule has 2 atom stereocenters. The van der Waals surface area contributed by atoms with E-state index in [0.29, 0.717) is 24.4 Å². The maximum atomic E-state index is 12.2. The van der Waals surface area contributed by atoms with Crippen LogP contribution in [0.15, 0.2) is 36.4 Å². The van der Waals surface area contributed by atoms with E-state index in [1.54, 1.807) is 17.0 Å². The topological polar surface area (TPSA) is 70.0 Å². The zero-order chi connectivity index (χ0) is 19.5. The van der Waals surface area contributed by atoms with Crippen molar-refractivity contribution in [1.82, 2.24) is 4.90 Å². The van der Waals surface area contributed by atoms with Crippen LogP contribution in [0.5, 0.6) is 0 Å². The van der Waals surface area contributed by atoms with Crippen molar-refractivity contribution >= 4 is 17.5 Å². The maximum Gasteiger partial charge on any atom is 0.223 e. The van der Waals surface area contributed by atoms with Crippen molar-refractivity contribution in [3.05, 3.63) is 47.0 Å². The number of hydrogen-bond acceptors (Lipinski definition) is 4. The molecule has 1 aromatic carbocycles. The molecular formula is C21H26ClNO4. The number of hydrogen-bond donors (Lipinski definition) is 2. The Morgan fingerprint density at radius 2 is 2.26 bits per heavy atom. The Morgan fingerprint density at radius 1 is 1.41 bits per heavy atom. The van der Waals surface area contributed by atoms with Gasteiger partial charge in [0.25, 0.3) is 0 Å². The summed E-state index contributed by atoms with van der Waals surface area (Å²) in [5.74, 6) is 5.87. The minimum absolute atomic E-state index is 0.0311. The standard InChI is InChI=1S/C21H26ClNO4/c22-18-6-3-5-17(15-18)16-20(25)10-9-19-7-4-8-21(26)23(19)11-1-2-13-27-14-12-24/h3,5-6,9-10,15,19-20,24-25H,4,7-8,11-14,16H2/b10-9+/t19-,20?/m1/s1. The normalized spacial score (nSPS) is 18.4. The number of halogens is 1. The minimum Gasteiger partial charge on any atom is -0.394 e. The van der Waals surface area contributed by atoms with Gasteiger partial charge in [-0.2, -0.15) is 0 Å². The largest absolute Gasteiger partial charge is 0.394 e. The second-order valence-corrected chi connectivity index (χ2v) is 6.83. The van der Waals surface area contributed by atoms with Crippen LogP contribution < -0.4 is 0 Å². The lowest BCUT2D eigenvalue weighted by molar-refractivity contribution is -0.134. The fraction of sp³-hybridized carbons (Fsp3) is 0.476. The van der Waals surface area contributed by atoms with Crippen molar-refractivity contribution in [3.8, 4) is 11.8 Å². The van der Waals surface area contributed by atoms with E-state index >= 15 is 0 Å². The van der Waals surface area contributed by atoms with E-state index in [9.17, 15) is 9.90 Å². The number of amides is 1. The molecule has 0 spiro atoms. The van der Waals surface area contributed by atoms with Gasteiger partial charge in [0.1, 0.15) is 6.61 Å². The summed E-state index contributed by atoms with van der Waals surface area (Å²) in [6.45, 7) is 0.798. The first-order chi connectivity index (χ1) is 13.1. The predicted molar refractivity (Wildman–Crippen MR) is 105 cm³/mol. The zero-order valence-corrected chi connectivity index (χ0v) is 16.1. The minimum atomic E-state index is -0.639. The molecule has 2 rings (SSSR count). The maximum absolute atomic E-state index is 12.2. The number of likely N-dealkylation sites (tertiary alicyclic amines) is 1. The third kappa shape index (κ3) is 7.74. The number of carbonyl (C=O) groups is 1. The molecular weight excluding hydrogens is 366 g/mol. The lowest BCUT2D eigenvalue weighted by atomic mass is 9.99. The molecule has 2 N–H and O–H groups in total. The van der Waals surface area contributed by atoms with Crippen LogP contribution in [0.1, 0.15) is 24.8 Å². The van der Waals surface area contributed by atoms with Gasteiger partial charge in [0.15, 0.2) is 0 Å². The van der Waals surface area contributed by atoms with Crippen LogP contribution in [0.4, 0.5) is 0 Å². The van der Waals surface area contributed by atoms with Crippen LogP contribution in [0.25, 0.3) is 0 Å². The first kappa shape index (κ1) is 21.5.